The number of nitrogens with zero attached hydrogens (tertiary/aromatic N) is 2. The van der Waals surface area contributed by atoms with Gasteiger partial charge >= 0.3 is 6.18 Å². The van der Waals surface area contributed by atoms with Crippen LogP contribution in [-0.4, -0.2) is 16.5 Å². The van der Waals surface area contributed by atoms with Gasteiger partial charge in [0.2, 0.25) is 5.95 Å². The standard InChI is InChI=1S/C19H16ClF3N4/c20-14-7-5-13(6-8-14)9-11-24-17-10-12-25-18(27-17)26-16-4-2-1-3-15(16)19(21,22)23/h1-8,10,12H,9,11H2,(H2,24,25,26,27). The number of halogens is 4. The van der Waals surface area contributed by atoms with Gasteiger partial charge in [-0.25, -0.2) is 4.98 Å². The van der Waals surface area contributed by atoms with Crippen molar-refractivity contribution in [2.45, 2.75) is 12.6 Å². The lowest BCUT2D eigenvalue weighted by Gasteiger charge is -2.14. The third kappa shape index (κ3) is 5.34. The Hall–Kier alpha value is -2.80. The normalized spacial score (nSPS) is 11.3. The molecular weight excluding hydrogens is 377 g/mol. The molecule has 2 aromatic carbocycles. The zero-order chi connectivity index (χ0) is 19.3. The van der Waals surface area contributed by atoms with Crippen LogP contribution in [0.2, 0.25) is 5.02 Å². The Morgan fingerprint density at radius 1 is 0.963 bits per heavy atom. The molecule has 1 heterocycles. The van der Waals surface area contributed by atoms with Crippen LogP contribution in [0.5, 0.6) is 0 Å². The van der Waals surface area contributed by atoms with Gasteiger partial charge in [-0.3, -0.25) is 0 Å². The monoisotopic (exact) mass is 392 g/mol. The first-order valence-corrected chi connectivity index (χ1v) is 8.54. The van der Waals surface area contributed by atoms with Crippen LogP contribution in [0.25, 0.3) is 0 Å². The van der Waals surface area contributed by atoms with E-state index in [2.05, 4.69) is 20.6 Å². The van der Waals surface area contributed by atoms with Gasteiger partial charge in [0.05, 0.1) is 11.3 Å². The van der Waals surface area contributed by atoms with Gasteiger partial charge in [0.1, 0.15) is 5.82 Å². The molecule has 2 N–H and O–H groups in total. The minimum Gasteiger partial charge on any atom is -0.370 e. The molecule has 0 bridgehead atoms. The average Bonchev–Trinajstić information content (AvgIpc) is 2.63. The number of anilines is 3. The molecule has 0 spiro atoms. The minimum atomic E-state index is -4.46. The predicted molar refractivity (Wildman–Crippen MR) is 100 cm³/mol. The fraction of sp³-hybridized carbons (Fsp3) is 0.158. The van der Waals surface area contributed by atoms with Gasteiger partial charge in [-0.15, -0.1) is 0 Å². The molecule has 0 amide bonds. The number of rotatable bonds is 6. The van der Waals surface area contributed by atoms with E-state index < -0.39 is 11.7 Å². The van der Waals surface area contributed by atoms with Crippen molar-refractivity contribution < 1.29 is 13.2 Å². The van der Waals surface area contributed by atoms with Crippen LogP contribution in [0, 0.1) is 0 Å². The Balaban J connectivity index is 1.65. The van der Waals surface area contributed by atoms with Crippen LogP contribution in [-0.2, 0) is 12.6 Å². The quantitative estimate of drug-likeness (QED) is 0.577. The second-order valence-corrected chi connectivity index (χ2v) is 6.17. The first-order valence-electron chi connectivity index (χ1n) is 8.16. The SMILES string of the molecule is FC(F)(F)c1ccccc1Nc1nccc(NCCc2ccc(Cl)cc2)n1. The van der Waals surface area contributed by atoms with Crippen molar-refractivity contribution in [2.24, 2.45) is 0 Å². The first-order chi connectivity index (χ1) is 12.9. The predicted octanol–water partition coefficient (Wildman–Crippen LogP) is 5.55. The van der Waals surface area contributed by atoms with Crippen LogP contribution >= 0.6 is 11.6 Å². The molecule has 3 rings (SSSR count). The van der Waals surface area contributed by atoms with Crippen LogP contribution in [0.15, 0.2) is 60.8 Å². The van der Waals surface area contributed by atoms with Crippen molar-refractivity contribution in [1.82, 2.24) is 9.97 Å². The molecular formula is C19H16ClF3N4. The molecule has 0 fully saturated rings. The van der Waals surface area contributed by atoms with Crippen LogP contribution < -0.4 is 10.6 Å². The van der Waals surface area contributed by atoms with Gasteiger partial charge in [-0.05, 0) is 42.3 Å². The number of hydrogen-bond donors (Lipinski definition) is 2. The molecule has 140 valence electrons. The number of benzene rings is 2. The summed E-state index contributed by atoms with van der Waals surface area (Å²) in [5, 5.41) is 6.45. The van der Waals surface area contributed by atoms with Crippen LogP contribution in [0.3, 0.4) is 0 Å². The number of hydrogen-bond acceptors (Lipinski definition) is 4. The van der Waals surface area contributed by atoms with Crippen LogP contribution in [0.4, 0.5) is 30.6 Å². The summed E-state index contributed by atoms with van der Waals surface area (Å²) in [6.45, 7) is 0.608. The van der Waals surface area contributed by atoms with Gasteiger partial charge in [0.25, 0.3) is 0 Å². The second-order valence-electron chi connectivity index (χ2n) is 5.74. The Morgan fingerprint density at radius 3 is 2.44 bits per heavy atom. The van der Waals surface area contributed by atoms with E-state index in [1.54, 1.807) is 6.07 Å². The van der Waals surface area contributed by atoms with Gasteiger partial charge in [-0.1, -0.05) is 35.9 Å². The van der Waals surface area contributed by atoms with E-state index in [1.165, 1.54) is 24.4 Å². The summed E-state index contributed by atoms with van der Waals surface area (Å²) in [6, 6.07) is 14.4. The maximum absolute atomic E-state index is 13.1. The zero-order valence-electron chi connectivity index (χ0n) is 14.1. The van der Waals surface area contributed by atoms with E-state index in [-0.39, 0.29) is 11.6 Å². The lowest BCUT2D eigenvalue weighted by atomic mass is 10.1. The molecule has 0 aliphatic heterocycles. The van der Waals surface area contributed by atoms with Crippen molar-refractivity contribution >= 4 is 29.1 Å². The van der Waals surface area contributed by atoms with Gasteiger partial charge in [0, 0.05) is 17.8 Å². The Kier molecular flexibility index (Phi) is 5.81. The fourth-order valence-electron chi connectivity index (χ4n) is 2.46. The molecule has 0 aliphatic rings. The van der Waals surface area contributed by atoms with Crippen molar-refractivity contribution in [2.75, 3.05) is 17.2 Å². The first kappa shape index (κ1) is 19.0. The van der Waals surface area contributed by atoms with E-state index >= 15 is 0 Å². The summed E-state index contributed by atoms with van der Waals surface area (Å²) in [5.41, 5.74) is 0.247. The topological polar surface area (TPSA) is 49.8 Å². The number of nitrogens with one attached hydrogen (secondary N) is 2. The third-order valence-corrected chi connectivity index (χ3v) is 4.02. The van der Waals surface area contributed by atoms with E-state index in [1.807, 2.05) is 24.3 Å². The third-order valence-electron chi connectivity index (χ3n) is 3.77. The van der Waals surface area contributed by atoms with E-state index in [0.717, 1.165) is 18.1 Å². The maximum Gasteiger partial charge on any atom is 0.418 e. The molecule has 27 heavy (non-hydrogen) atoms. The molecule has 0 saturated carbocycles. The highest BCUT2D eigenvalue weighted by Gasteiger charge is 2.33. The molecule has 0 aliphatic carbocycles. The molecule has 3 aromatic rings. The highest BCUT2D eigenvalue weighted by molar-refractivity contribution is 6.30. The van der Waals surface area contributed by atoms with Crippen molar-refractivity contribution in [3.05, 3.63) is 76.9 Å². The summed E-state index contributed by atoms with van der Waals surface area (Å²) in [7, 11) is 0. The van der Waals surface area contributed by atoms with Crippen molar-refractivity contribution in [3.8, 4) is 0 Å². The van der Waals surface area contributed by atoms with Crippen molar-refractivity contribution in [3.63, 3.8) is 0 Å². The zero-order valence-corrected chi connectivity index (χ0v) is 14.8. The summed E-state index contributed by atoms with van der Waals surface area (Å²) in [6.07, 6.45) is -2.23. The van der Waals surface area contributed by atoms with E-state index in [4.69, 9.17) is 11.6 Å². The molecule has 4 nitrogen and oxygen atoms in total. The number of para-hydroxylation sites is 1. The largest absolute Gasteiger partial charge is 0.418 e. The average molecular weight is 393 g/mol. The van der Waals surface area contributed by atoms with Crippen LogP contribution in [0.1, 0.15) is 11.1 Å². The summed E-state index contributed by atoms with van der Waals surface area (Å²) in [4.78, 5) is 8.20. The maximum atomic E-state index is 13.1. The Morgan fingerprint density at radius 2 is 1.70 bits per heavy atom. The summed E-state index contributed by atoms with van der Waals surface area (Å²) in [5.74, 6) is 0.606. The van der Waals surface area contributed by atoms with Crippen molar-refractivity contribution in [1.29, 1.82) is 0 Å². The smallest absolute Gasteiger partial charge is 0.370 e. The molecule has 8 heteroatoms. The lowest BCUT2D eigenvalue weighted by molar-refractivity contribution is -0.136. The highest BCUT2D eigenvalue weighted by atomic mass is 35.5. The van der Waals surface area contributed by atoms with Gasteiger partial charge < -0.3 is 10.6 Å². The number of alkyl halides is 3. The Bertz CT molecular complexity index is 898. The number of aromatic nitrogens is 2. The summed E-state index contributed by atoms with van der Waals surface area (Å²) < 4.78 is 39.2. The van der Waals surface area contributed by atoms with Gasteiger partial charge in [-0.2, -0.15) is 18.2 Å². The second kappa shape index (κ2) is 8.26. The lowest BCUT2D eigenvalue weighted by Crippen LogP contribution is -2.10. The van der Waals surface area contributed by atoms with Gasteiger partial charge in [0.15, 0.2) is 0 Å². The summed E-state index contributed by atoms with van der Waals surface area (Å²) >= 11 is 5.85. The Labute approximate surface area is 159 Å². The minimum absolute atomic E-state index is 0.0863. The molecule has 0 radical (unpaired) electrons. The molecule has 0 unspecified atom stereocenters. The highest BCUT2D eigenvalue weighted by Crippen LogP contribution is 2.35. The molecule has 0 saturated heterocycles. The fourth-order valence-corrected chi connectivity index (χ4v) is 2.59. The van der Waals surface area contributed by atoms with E-state index in [0.29, 0.717) is 17.4 Å². The molecule has 1 aromatic heterocycles. The van der Waals surface area contributed by atoms with E-state index in [9.17, 15) is 13.2 Å². The molecule has 0 atom stereocenters.